The molecule has 1 N–H and O–H groups in total. The smallest absolute Gasteiger partial charge is 0.331 e. The van der Waals surface area contributed by atoms with Gasteiger partial charge in [-0.15, -0.1) is 0 Å². The molecule has 0 heterocycles. The van der Waals surface area contributed by atoms with Crippen LogP contribution < -0.4 is 10.1 Å². The lowest BCUT2D eigenvalue weighted by Gasteiger charge is -2.38. The van der Waals surface area contributed by atoms with Crippen LogP contribution in [0, 0.1) is 12.8 Å². The standard InChI is InChI=1S/C29H39NO6S/c1-5-22-11-15-29(16-12-22,28(32)35-3)30-27(31)25-10-9-24(14-18-37(4,33)34)26(20-25)36-17-13-23-8-6-7-21(2)19-23/h6-10,19-20,22H,5,11-18H2,1-4H3,(H,30,31). The third-order valence-corrected chi connectivity index (χ3v) is 8.21. The van der Waals surface area contributed by atoms with E-state index in [1.54, 1.807) is 18.2 Å². The summed E-state index contributed by atoms with van der Waals surface area (Å²) in [6.45, 7) is 4.55. The number of amides is 1. The highest BCUT2D eigenvalue weighted by atomic mass is 32.2. The second-order valence-electron chi connectivity index (χ2n) is 10.2. The molecule has 0 aliphatic heterocycles. The maximum Gasteiger partial charge on any atom is 0.331 e. The maximum absolute atomic E-state index is 13.3. The first-order chi connectivity index (χ1) is 17.5. The van der Waals surface area contributed by atoms with Gasteiger partial charge in [0.2, 0.25) is 0 Å². The number of rotatable bonds is 11. The van der Waals surface area contributed by atoms with E-state index in [2.05, 4.69) is 18.3 Å². The summed E-state index contributed by atoms with van der Waals surface area (Å²) >= 11 is 0. The largest absolute Gasteiger partial charge is 0.493 e. The van der Waals surface area contributed by atoms with Crippen molar-refractivity contribution in [2.75, 3.05) is 25.7 Å². The van der Waals surface area contributed by atoms with Crippen LogP contribution in [-0.2, 0) is 32.2 Å². The molecule has 7 nitrogen and oxygen atoms in total. The Kier molecular flexibility index (Phi) is 9.76. The molecule has 0 spiro atoms. The van der Waals surface area contributed by atoms with Crippen LogP contribution in [0.15, 0.2) is 42.5 Å². The maximum atomic E-state index is 13.3. The third kappa shape index (κ3) is 8.06. The van der Waals surface area contributed by atoms with Crippen molar-refractivity contribution in [2.45, 2.75) is 64.3 Å². The average molecular weight is 530 g/mol. The van der Waals surface area contributed by atoms with Crippen molar-refractivity contribution in [3.8, 4) is 5.75 Å². The summed E-state index contributed by atoms with van der Waals surface area (Å²) in [6, 6.07) is 13.2. The molecular formula is C29H39NO6S. The van der Waals surface area contributed by atoms with Gasteiger partial charge in [0.05, 0.1) is 19.5 Å². The van der Waals surface area contributed by atoms with Crippen LogP contribution in [0.5, 0.6) is 5.75 Å². The SMILES string of the molecule is CCC1CCC(NC(=O)c2ccc(CCS(C)(=O)=O)c(OCCc3cccc(C)c3)c2)(C(=O)OC)CC1. The average Bonchev–Trinajstić information content (AvgIpc) is 2.87. The Labute approximate surface area is 220 Å². The summed E-state index contributed by atoms with van der Waals surface area (Å²) in [4.78, 5) is 26.1. The molecule has 8 heteroatoms. The van der Waals surface area contributed by atoms with Crippen molar-refractivity contribution in [1.29, 1.82) is 0 Å². The number of hydrogen-bond donors (Lipinski definition) is 1. The molecule has 2 aromatic carbocycles. The van der Waals surface area contributed by atoms with Gasteiger partial charge in [0.1, 0.15) is 21.1 Å². The normalized spacial score (nSPS) is 19.7. The number of ether oxygens (including phenoxy) is 2. The van der Waals surface area contributed by atoms with E-state index in [0.29, 0.717) is 43.1 Å². The number of methoxy groups -OCH3 is 1. The monoisotopic (exact) mass is 529 g/mol. The molecule has 3 rings (SSSR count). The van der Waals surface area contributed by atoms with Crippen molar-refractivity contribution in [3.05, 3.63) is 64.7 Å². The van der Waals surface area contributed by atoms with Crippen LogP contribution in [0.4, 0.5) is 0 Å². The van der Waals surface area contributed by atoms with Crippen molar-refractivity contribution in [2.24, 2.45) is 5.92 Å². The summed E-state index contributed by atoms with van der Waals surface area (Å²) in [5.41, 5.74) is 2.33. The van der Waals surface area contributed by atoms with Gasteiger partial charge in [-0.3, -0.25) is 4.79 Å². The lowest BCUT2D eigenvalue weighted by Crippen LogP contribution is -2.56. The molecule has 0 atom stereocenters. The van der Waals surface area contributed by atoms with E-state index in [1.165, 1.54) is 13.4 Å². The molecule has 0 bridgehead atoms. The second-order valence-corrected chi connectivity index (χ2v) is 12.4. The molecule has 0 aromatic heterocycles. The number of esters is 1. The first-order valence-electron chi connectivity index (χ1n) is 12.9. The molecular weight excluding hydrogens is 490 g/mol. The van der Waals surface area contributed by atoms with Gasteiger partial charge in [-0.05, 0) is 68.2 Å². The fourth-order valence-corrected chi connectivity index (χ4v) is 5.51. The summed E-state index contributed by atoms with van der Waals surface area (Å²) in [7, 11) is -1.82. The van der Waals surface area contributed by atoms with Crippen molar-refractivity contribution >= 4 is 21.7 Å². The number of carbonyl (C=O) groups is 2. The molecule has 2 aromatic rings. The van der Waals surface area contributed by atoms with Gasteiger partial charge in [0.25, 0.3) is 5.91 Å². The van der Waals surface area contributed by atoms with Gasteiger partial charge < -0.3 is 14.8 Å². The van der Waals surface area contributed by atoms with Crippen LogP contribution in [0.25, 0.3) is 0 Å². The number of benzene rings is 2. The number of hydrogen-bond acceptors (Lipinski definition) is 6. The molecule has 0 saturated heterocycles. The lowest BCUT2D eigenvalue weighted by molar-refractivity contribution is -0.150. The van der Waals surface area contributed by atoms with Gasteiger partial charge in [-0.2, -0.15) is 0 Å². The zero-order valence-corrected chi connectivity index (χ0v) is 23.2. The number of carbonyl (C=O) groups excluding carboxylic acids is 2. The van der Waals surface area contributed by atoms with Crippen molar-refractivity contribution in [3.63, 3.8) is 0 Å². The first-order valence-corrected chi connectivity index (χ1v) is 15.0. The van der Waals surface area contributed by atoms with E-state index in [1.807, 2.05) is 25.1 Å². The van der Waals surface area contributed by atoms with Crippen LogP contribution in [0.1, 0.15) is 66.1 Å². The quantitative estimate of drug-likeness (QED) is 0.432. The molecule has 0 unspecified atom stereocenters. The molecule has 1 aliphatic rings. The summed E-state index contributed by atoms with van der Waals surface area (Å²) < 4.78 is 34.7. The Morgan fingerprint density at radius 2 is 1.81 bits per heavy atom. The summed E-state index contributed by atoms with van der Waals surface area (Å²) in [5.74, 6) is 0.202. The van der Waals surface area contributed by atoms with E-state index < -0.39 is 21.3 Å². The fourth-order valence-electron chi connectivity index (χ4n) is 4.92. The minimum atomic E-state index is -3.17. The minimum absolute atomic E-state index is 0.0170. The predicted octanol–water partition coefficient (Wildman–Crippen LogP) is 4.45. The summed E-state index contributed by atoms with van der Waals surface area (Å²) in [5, 5.41) is 2.97. The highest BCUT2D eigenvalue weighted by Crippen LogP contribution is 2.35. The minimum Gasteiger partial charge on any atom is -0.493 e. The fraction of sp³-hybridized carbons (Fsp3) is 0.517. The van der Waals surface area contributed by atoms with Crippen LogP contribution in [-0.4, -0.2) is 51.6 Å². The van der Waals surface area contributed by atoms with Gasteiger partial charge >= 0.3 is 5.97 Å². The first kappa shape index (κ1) is 28.7. The predicted molar refractivity (Wildman–Crippen MR) is 145 cm³/mol. The highest BCUT2D eigenvalue weighted by molar-refractivity contribution is 7.90. The topological polar surface area (TPSA) is 98.8 Å². The van der Waals surface area contributed by atoms with E-state index in [4.69, 9.17) is 9.47 Å². The molecule has 202 valence electrons. The number of nitrogens with one attached hydrogen (secondary N) is 1. The van der Waals surface area contributed by atoms with E-state index in [9.17, 15) is 18.0 Å². The zero-order chi connectivity index (χ0) is 27.1. The van der Waals surface area contributed by atoms with Crippen LogP contribution >= 0.6 is 0 Å². The Morgan fingerprint density at radius 3 is 2.43 bits per heavy atom. The molecule has 0 radical (unpaired) electrons. The van der Waals surface area contributed by atoms with Crippen molar-refractivity contribution < 1.29 is 27.5 Å². The van der Waals surface area contributed by atoms with Crippen LogP contribution in [0.3, 0.4) is 0 Å². The second kappa shape index (κ2) is 12.6. The zero-order valence-electron chi connectivity index (χ0n) is 22.3. The Morgan fingerprint density at radius 1 is 1.08 bits per heavy atom. The highest BCUT2D eigenvalue weighted by Gasteiger charge is 2.44. The summed E-state index contributed by atoms with van der Waals surface area (Å²) in [6.07, 6.45) is 5.98. The number of aryl methyl sites for hydroxylation is 2. The Hall–Kier alpha value is -2.87. The molecule has 1 aliphatic carbocycles. The number of sulfone groups is 1. The Balaban J connectivity index is 1.80. The molecule has 1 saturated carbocycles. The lowest BCUT2D eigenvalue weighted by atomic mass is 9.75. The van der Waals surface area contributed by atoms with Crippen molar-refractivity contribution in [1.82, 2.24) is 5.32 Å². The Bertz CT molecular complexity index is 1200. The van der Waals surface area contributed by atoms with Gasteiger partial charge in [-0.25, -0.2) is 13.2 Å². The molecule has 1 amide bonds. The van der Waals surface area contributed by atoms with Gasteiger partial charge in [-0.1, -0.05) is 49.2 Å². The van der Waals surface area contributed by atoms with E-state index in [0.717, 1.165) is 36.0 Å². The van der Waals surface area contributed by atoms with Crippen LogP contribution in [0.2, 0.25) is 0 Å². The van der Waals surface area contributed by atoms with E-state index >= 15 is 0 Å². The van der Waals surface area contributed by atoms with Gasteiger partial charge in [0, 0.05) is 18.2 Å². The molecule has 37 heavy (non-hydrogen) atoms. The van der Waals surface area contributed by atoms with E-state index in [-0.39, 0.29) is 18.1 Å². The molecule has 1 fully saturated rings. The van der Waals surface area contributed by atoms with Gasteiger partial charge in [0.15, 0.2) is 0 Å². The third-order valence-electron chi connectivity index (χ3n) is 7.27.